The average molecular weight is 492 g/mol. The number of nitrogens with zero attached hydrogens (tertiary/aromatic N) is 1. The third-order valence-corrected chi connectivity index (χ3v) is 8.67. The lowest BCUT2D eigenvalue weighted by Gasteiger charge is -2.23. The first-order valence-corrected chi connectivity index (χ1v) is 14.9. The van der Waals surface area contributed by atoms with Gasteiger partial charge in [0.25, 0.3) is 0 Å². The van der Waals surface area contributed by atoms with Crippen molar-refractivity contribution in [3.05, 3.63) is 0 Å². The van der Waals surface area contributed by atoms with Crippen LogP contribution in [0.25, 0.3) is 0 Å². The van der Waals surface area contributed by atoms with Crippen molar-refractivity contribution < 1.29 is 30.2 Å². The molecule has 0 saturated heterocycles. The normalized spacial score (nSPS) is 11.7. The van der Waals surface area contributed by atoms with Crippen LogP contribution in [0.3, 0.4) is 0 Å². The van der Waals surface area contributed by atoms with Crippen LogP contribution >= 0.6 is 0 Å². The quantitative estimate of drug-likeness (QED) is 0.104. The first-order chi connectivity index (χ1) is 14.9. The maximum absolute atomic E-state index is 5.43. The first kappa shape index (κ1) is 34.1. The lowest BCUT2D eigenvalue weighted by molar-refractivity contribution is -0.822. The summed E-state index contributed by atoms with van der Waals surface area (Å²) >= 11 is 0. The zero-order valence-corrected chi connectivity index (χ0v) is 24.0. The van der Waals surface area contributed by atoms with E-state index in [1.165, 1.54) is 103 Å². The van der Waals surface area contributed by atoms with Crippen LogP contribution in [-0.2, 0) is 13.3 Å². The molecule has 0 aromatic heterocycles. The van der Waals surface area contributed by atoms with Gasteiger partial charge in [-0.25, -0.2) is 0 Å². The third-order valence-electron chi connectivity index (χ3n) is 6.19. The van der Waals surface area contributed by atoms with E-state index in [-0.39, 0.29) is 12.4 Å². The molecule has 0 heterocycles. The van der Waals surface area contributed by atoms with Crippen molar-refractivity contribution in [1.82, 2.24) is 0 Å². The molecule has 0 rings (SSSR count). The zero-order chi connectivity index (χ0) is 23.3. The molecular formula is C26H54ClNO3Si. The molecule has 0 aliphatic rings. The number of unbranched alkanes of at least 4 members (excludes halogenated alkanes) is 15. The summed E-state index contributed by atoms with van der Waals surface area (Å²) in [6.07, 6.45) is 22.5. The Morgan fingerprint density at radius 3 is 1.28 bits per heavy atom. The van der Waals surface area contributed by atoms with Crippen LogP contribution in [0, 0.1) is 12.0 Å². The molecule has 0 spiro atoms. The second kappa shape index (κ2) is 22.7. The minimum absolute atomic E-state index is 0. The van der Waals surface area contributed by atoms with Gasteiger partial charge in [-0.2, -0.15) is 0 Å². The highest BCUT2D eigenvalue weighted by molar-refractivity contribution is 6.61. The molecule has 0 aromatic rings. The van der Waals surface area contributed by atoms with Crippen molar-refractivity contribution in [1.29, 1.82) is 0 Å². The molecule has 0 atom stereocenters. The Morgan fingerprint density at radius 1 is 0.594 bits per heavy atom. The highest BCUT2D eigenvalue weighted by Gasteiger charge is 2.37. The van der Waals surface area contributed by atoms with Crippen LogP contribution in [0.5, 0.6) is 0 Å². The highest BCUT2D eigenvalue weighted by Crippen LogP contribution is 2.14. The van der Waals surface area contributed by atoms with Gasteiger partial charge in [0, 0.05) is 21.3 Å². The molecule has 0 aliphatic carbocycles. The molecule has 0 N–H and O–H groups in total. The molecule has 0 aliphatic heterocycles. The largest absolute Gasteiger partial charge is 1.00 e. The van der Waals surface area contributed by atoms with Crippen LogP contribution in [0.1, 0.15) is 110 Å². The average Bonchev–Trinajstić information content (AvgIpc) is 2.76. The predicted octanol–water partition coefficient (Wildman–Crippen LogP) is 4.17. The van der Waals surface area contributed by atoms with Gasteiger partial charge in [0.1, 0.15) is 6.04 Å². The van der Waals surface area contributed by atoms with Crippen LogP contribution in [0.4, 0.5) is 0 Å². The van der Waals surface area contributed by atoms with E-state index in [9.17, 15) is 0 Å². The summed E-state index contributed by atoms with van der Waals surface area (Å²) in [5.41, 5.74) is 0. The zero-order valence-electron chi connectivity index (χ0n) is 22.3. The number of halogens is 1. The maximum Gasteiger partial charge on any atom is 0.512 e. The van der Waals surface area contributed by atoms with E-state index in [1.54, 1.807) is 21.3 Å². The molecule has 32 heavy (non-hydrogen) atoms. The van der Waals surface area contributed by atoms with E-state index in [2.05, 4.69) is 33.0 Å². The van der Waals surface area contributed by atoms with Gasteiger partial charge in [0.15, 0.2) is 0 Å². The van der Waals surface area contributed by atoms with Gasteiger partial charge in [0.2, 0.25) is 0 Å². The standard InChI is InChI=1S/C26H54NO3Si.ClH/c1-7-8-9-10-11-12-13-14-15-16-17-18-19-20-21-22-24-27(2,3)25-23-26-31(28-4,29-5)30-6;/h7-22,24,26H2,1-6H3;1H/q+1;/p-1. The number of rotatable bonds is 21. The molecule has 4 nitrogen and oxygen atoms in total. The van der Waals surface area contributed by atoms with E-state index in [1.807, 2.05) is 0 Å². The van der Waals surface area contributed by atoms with Gasteiger partial charge in [-0.3, -0.25) is 4.48 Å². The SMILES string of the molecule is CCCCCCCCCCCCCCCCCC[N+](C)(C)C#CC[Si](OC)(OC)OC.[Cl-]. The molecule has 0 amide bonds. The maximum atomic E-state index is 5.43. The lowest BCUT2D eigenvalue weighted by Crippen LogP contribution is -3.00. The van der Waals surface area contributed by atoms with Gasteiger partial charge in [-0.1, -0.05) is 96.8 Å². The van der Waals surface area contributed by atoms with Crippen LogP contribution in [0.2, 0.25) is 6.04 Å². The first-order valence-electron chi connectivity index (χ1n) is 12.9. The Bertz CT molecular complexity index is 453. The van der Waals surface area contributed by atoms with Gasteiger partial charge >= 0.3 is 8.80 Å². The molecule has 0 saturated carbocycles. The summed E-state index contributed by atoms with van der Waals surface area (Å²) in [5.74, 6) is 3.23. The molecule has 0 unspecified atom stereocenters. The van der Waals surface area contributed by atoms with Crippen molar-refractivity contribution in [2.75, 3.05) is 42.0 Å². The molecule has 0 bridgehead atoms. The lowest BCUT2D eigenvalue weighted by atomic mass is 10.0. The van der Waals surface area contributed by atoms with Crippen LogP contribution in [-0.4, -0.2) is 55.3 Å². The number of hydrogen-bond acceptors (Lipinski definition) is 3. The Kier molecular flexibility index (Phi) is 24.2. The van der Waals surface area contributed by atoms with Crippen LogP contribution in [0.15, 0.2) is 0 Å². The highest BCUT2D eigenvalue weighted by atomic mass is 35.5. The number of hydrogen-bond donors (Lipinski definition) is 0. The van der Waals surface area contributed by atoms with Gasteiger partial charge in [-0.15, -0.1) is 0 Å². The molecule has 6 heteroatoms. The number of quaternary nitrogens is 1. The molecular weight excluding hydrogens is 438 g/mol. The van der Waals surface area contributed by atoms with Crippen molar-refractivity contribution in [2.45, 2.75) is 116 Å². The predicted molar refractivity (Wildman–Crippen MR) is 136 cm³/mol. The van der Waals surface area contributed by atoms with E-state index >= 15 is 0 Å². The minimum Gasteiger partial charge on any atom is -1.00 e. The fourth-order valence-electron chi connectivity index (χ4n) is 3.94. The summed E-state index contributed by atoms with van der Waals surface area (Å²) < 4.78 is 17.0. The summed E-state index contributed by atoms with van der Waals surface area (Å²) in [4.78, 5) is 0. The summed E-state index contributed by atoms with van der Waals surface area (Å²) in [7, 11) is 6.68. The molecule has 0 fully saturated rings. The second-order valence-electron chi connectivity index (χ2n) is 9.47. The molecule has 192 valence electrons. The van der Waals surface area contributed by atoms with E-state index < -0.39 is 8.80 Å². The summed E-state index contributed by atoms with van der Waals surface area (Å²) in [5, 5.41) is 0. The fourth-order valence-corrected chi connectivity index (χ4v) is 5.17. The van der Waals surface area contributed by atoms with E-state index in [0.717, 1.165) is 11.0 Å². The Labute approximate surface area is 208 Å². The van der Waals surface area contributed by atoms with Gasteiger partial charge in [0.05, 0.1) is 26.7 Å². The van der Waals surface area contributed by atoms with Crippen molar-refractivity contribution in [3.63, 3.8) is 0 Å². The summed E-state index contributed by atoms with van der Waals surface area (Å²) in [6, 6.07) is 3.89. The monoisotopic (exact) mass is 491 g/mol. The Balaban J connectivity index is 0. The molecule has 0 radical (unpaired) electrons. The minimum atomic E-state index is -2.58. The second-order valence-corrected chi connectivity index (χ2v) is 12.4. The van der Waals surface area contributed by atoms with Crippen molar-refractivity contribution in [2.24, 2.45) is 0 Å². The topological polar surface area (TPSA) is 27.7 Å². The molecule has 0 aromatic carbocycles. The Hall–Kier alpha value is -0.0931. The Morgan fingerprint density at radius 2 is 0.938 bits per heavy atom. The van der Waals surface area contributed by atoms with E-state index in [4.69, 9.17) is 13.3 Å². The summed E-state index contributed by atoms with van der Waals surface area (Å²) in [6.45, 7) is 3.38. The smallest absolute Gasteiger partial charge is 0.512 e. The van der Waals surface area contributed by atoms with Crippen molar-refractivity contribution in [3.8, 4) is 12.0 Å². The van der Waals surface area contributed by atoms with Crippen molar-refractivity contribution >= 4 is 8.80 Å². The van der Waals surface area contributed by atoms with E-state index in [0.29, 0.717) is 6.04 Å². The van der Waals surface area contributed by atoms with Gasteiger partial charge in [-0.05, 0) is 18.8 Å². The van der Waals surface area contributed by atoms with Gasteiger partial charge < -0.3 is 25.7 Å². The van der Waals surface area contributed by atoms with Crippen LogP contribution < -0.4 is 12.4 Å². The fraction of sp³-hybridized carbons (Fsp3) is 0.923. The third kappa shape index (κ3) is 19.4.